The number of rotatable bonds is 3. The number of amides is 3. The molecule has 1 unspecified atom stereocenters. The van der Waals surface area contributed by atoms with Crippen molar-refractivity contribution in [1.29, 1.82) is 0 Å². The quantitative estimate of drug-likeness (QED) is 0.544. The Bertz CT molecular complexity index is 1110. The van der Waals surface area contributed by atoms with Crippen LogP contribution in [0.25, 0.3) is 10.9 Å². The molecular formula is C21H22N4O5. The van der Waals surface area contributed by atoms with Crippen molar-refractivity contribution >= 4 is 28.6 Å². The van der Waals surface area contributed by atoms with Crippen molar-refractivity contribution in [2.24, 2.45) is 0 Å². The first kappa shape index (κ1) is 19.7. The van der Waals surface area contributed by atoms with E-state index in [9.17, 15) is 24.3 Å². The number of hydrogen-bond acceptors (Lipinski definition) is 5. The molecule has 3 amide bonds. The van der Waals surface area contributed by atoms with E-state index >= 15 is 0 Å². The Morgan fingerprint density at radius 1 is 1.20 bits per heavy atom. The molecule has 156 valence electrons. The van der Waals surface area contributed by atoms with E-state index in [0.717, 1.165) is 6.07 Å². The minimum absolute atomic E-state index is 0.113. The minimum atomic E-state index is -0.514. The van der Waals surface area contributed by atoms with E-state index < -0.39 is 11.6 Å². The monoisotopic (exact) mass is 410 g/mol. The van der Waals surface area contributed by atoms with Gasteiger partial charge in [0.2, 0.25) is 11.8 Å². The lowest BCUT2D eigenvalue weighted by molar-refractivity contribution is -0.138. The average Bonchev–Trinajstić information content (AvgIpc) is 2.73. The van der Waals surface area contributed by atoms with Crippen molar-refractivity contribution in [3.8, 4) is 5.75 Å². The van der Waals surface area contributed by atoms with Gasteiger partial charge >= 0.3 is 0 Å². The molecule has 0 aliphatic carbocycles. The first-order chi connectivity index (χ1) is 14.4. The molecule has 4 rings (SSSR count). The highest BCUT2D eigenvalue weighted by Gasteiger charge is 2.30. The van der Waals surface area contributed by atoms with Gasteiger partial charge in [-0.1, -0.05) is 12.2 Å². The van der Waals surface area contributed by atoms with Crippen LogP contribution in [0.4, 0.5) is 0 Å². The van der Waals surface area contributed by atoms with Crippen LogP contribution in [0.1, 0.15) is 29.6 Å². The fourth-order valence-corrected chi connectivity index (χ4v) is 3.84. The average molecular weight is 410 g/mol. The zero-order chi connectivity index (χ0) is 21.3. The number of aromatic nitrogens is 1. The van der Waals surface area contributed by atoms with Crippen LogP contribution in [0.5, 0.6) is 5.75 Å². The van der Waals surface area contributed by atoms with Crippen molar-refractivity contribution in [3.63, 3.8) is 0 Å². The maximum absolute atomic E-state index is 12.7. The summed E-state index contributed by atoms with van der Waals surface area (Å²) < 4.78 is 0. The van der Waals surface area contributed by atoms with Gasteiger partial charge in [-0.2, -0.15) is 0 Å². The van der Waals surface area contributed by atoms with Gasteiger partial charge in [-0.15, -0.1) is 0 Å². The van der Waals surface area contributed by atoms with Crippen LogP contribution in [-0.2, 0) is 9.59 Å². The van der Waals surface area contributed by atoms with Crippen molar-refractivity contribution in [1.82, 2.24) is 20.5 Å². The lowest BCUT2D eigenvalue weighted by atomic mass is 10.0. The van der Waals surface area contributed by atoms with Crippen LogP contribution in [0.2, 0.25) is 0 Å². The maximum atomic E-state index is 12.7. The molecule has 0 radical (unpaired) electrons. The van der Waals surface area contributed by atoms with Gasteiger partial charge < -0.3 is 25.6 Å². The summed E-state index contributed by atoms with van der Waals surface area (Å²) in [5, 5.41) is 15.9. The highest BCUT2D eigenvalue weighted by molar-refractivity contribution is 5.99. The predicted molar refractivity (Wildman–Crippen MR) is 109 cm³/mol. The molecule has 0 bridgehead atoms. The Morgan fingerprint density at radius 2 is 2.03 bits per heavy atom. The number of hydrogen-bond donors (Lipinski definition) is 4. The van der Waals surface area contributed by atoms with Gasteiger partial charge in [0.15, 0.2) is 0 Å². The van der Waals surface area contributed by atoms with Crippen LogP contribution in [-0.4, -0.2) is 57.9 Å². The van der Waals surface area contributed by atoms with E-state index in [-0.39, 0.29) is 29.5 Å². The second-order valence-corrected chi connectivity index (χ2v) is 7.54. The fourth-order valence-electron chi connectivity index (χ4n) is 3.84. The highest BCUT2D eigenvalue weighted by Crippen LogP contribution is 2.22. The van der Waals surface area contributed by atoms with Crippen LogP contribution in [0.15, 0.2) is 41.2 Å². The van der Waals surface area contributed by atoms with Crippen molar-refractivity contribution < 1.29 is 19.5 Å². The molecule has 30 heavy (non-hydrogen) atoms. The lowest BCUT2D eigenvalue weighted by Crippen LogP contribution is -2.54. The molecule has 1 aromatic carbocycles. The minimum Gasteiger partial charge on any atom is -0.507 e. The third-order valence-corrected chi connectivity index (χ3v) is 5.35. The maximum Gasteiger partial charge on any atom is 0.252 e. The van der Waals surface area contributed by atoms with E-state index in [1.54, 1.807) is 17.0 Å². The van der Waals surface area contributed by atoms with Crippen molar-refractivity contribution in [2.75, 3.05) is 13.1 Å². The zero-order valence-corrected chi connectivity index (χ0v) is 16.2. The number of nitrogens with one attached hydrogen (secondary N) is 3. The summed E-state index contributed by atoms with van der Waals surface area (Å²) in [4.78, 5) is 52.7. The number of carbonyl (C=O) groups excluding carboxylic acids is 3. The van der Waals surface area contributed by atoms with E-state index in [4.69, 9.17) is 0 Å². The molecule has 2 atom stereocenters. The van der Waals surface area contributed by atoms with Crippen LogP contribution < -0.4 is 16.2 Å². The third-order valence-electron chi connectivity index (χ3n) is 5.35. The van der Waals surface area contributed by atoms with Gasteiger partial charge in [-0.25, -0.2) is 0 Å². The number of nitrogens with zero attached hydrogens (tertiary/aromatic N) is 1. The number of carbonyl (C=O) groups is 3. The number of aromatic amines is 1. The lowest BCUT2D eigenvalue weighted by Gasteiger charge is -2.33. The number of H-pyrrole nitrogens is 1. The van der Waals surface area contributed by atoms with Gasteiger partial charge in [0.25, 0.3) is 11.5 Å². The van der Waals surface area contributed by atoms with E-state index in [1.807, 2.05) is 12.2 Å². The smallest absolute Gasteiger partial charge is 0.252 e. The van der Waals surface area contributed by atoms with Crippen LogP contribution in [0, 0.1) is 0 Å². The summed E-state index contributed by atoms with van der Waals surface area (Å²) in [5.74, 6) is -0.825. The van der Waals surface area contributed by atoms with Crippen LogP contribution >= 0.6 is 0 Å². The Kier molecular flexibility index (Phi) is 5.26. The summed E-state index contributed by atoms with van der Waals surface area (Å²) >= 11 is 0. The van der Waals surface area contributed by atoms with E-state index in [1.165, 1.54) is 6.07 Å². The molecule has 0 saturated carbocycles. The van der Waals surface area contributed by atoms with Gasteiger partial charge in [-0.3, -0.25) is 19.2 Å². The van der Waals surface area contributed by atoms with E-state index in [2.05, 4.69) is 15.6 Å². The van der Waals surface area contributed by atoms with Crippen LogP contribution in [0.3, 0.4) is 0 Å². The van der Waals surface area contributed by atoms with E-state index in [0.29, 0.717) is 48.8 Å². The summed E-state index contributed by atoms with van der Waals surface area (Å²) in [7, 11) is 0. The predicted octanol–water partition coefficient (Wildman–Crippen LogP) is 0.399. The number of fused-ring (bicyclic) bond motifs is 1. The molecule has 1 aromatic heterocycles. The van der Waals surface area contributed by atoms with Gasteiger partial charge in [0.1, 0.15) is 11.8 Å². The third kappa shape index (κ3) is 4.05. The number of benzene rings is 1. The first-order valence-electron chi connectivity index (χ1n) is 9.82. The summed E-state index contributed by atoms with van der Waals surface area (Å²) in [6.07, 6.45) is 5.39. The molecular weight excluding hydrogens is 388 g/mol. The van der Waals surface area contributed by atoms with Crippen molar-refractivity contribution in [2.45, 2.75) is 31.3 Å². The number of aromatic hydroxyl groups is 1. The Labute approximate surface area is 171 Å². The van der Waals surface area contributed by atoms with Gasteiger partial charge in [0.05, 0.1) is 11.6 Å². The Balaban J connectivity index is 1.44. The molecule has 2 aromatic rings. The molecule has 2 aliphatic heterocycles. The topological polar surface area (TPSA) is 132 Å². The first-order valence-corrected chi connectivity index (χ1v) is 9.82. The molecule has 1 fully saturated rings. The normalized spacial score (nSPS) is 21.3. The van der Waals surface area contributed by atoms with Gasteiger partial charge in [-0.05, 0) is 31.0 Å². The molecule has 2 aliphatic rings. The number of piperidine rings is 1. The Morgan fingerprint density at radius 3 is 2.83 bits per heavy atom. The summed E-state index contributed by atoms with van der Waals surface area (Å²) in [5.41, 5.74) is 0.324. The summed E-state index contributed by atoms with van der Waals surface area (Å²) in [6, 6.07) is 4.78. The molecule has 9 nitrogen and oxygen atoms in total. The molecule has 0 spiro atoms. The molecule has 3 heterocycles. The molecule has 1 saturated heterocycles. The Hall–Kier alpha value is -3.62. The molecule has 4 N–H and O–H groups in total. The largest absolute Gasteiger partial charge is 0.507 e. The zero-order valence-electron chi connectivity index (χ0n) is 16.2. The SMILES string of the molecule is O=C1CCC[C@H](C(=O)N2CC=CC(NC(=O)c3ccc4[nH]c(=O)cc(O)c4c3)C2)N1. The number of pyridine rings is 1. The second kappa shape index (κ2) is 8.02. The standard InChI is InChI=1S/C21H22N4O5/c26-17-10-19(28)23-15-7-6-12(9-14(15)17)20(29)22-13-3-2-8-25(11-13)21(30)16-4-1-5-18(27)24-16/h2-3,6-7,9-10,13,16H,1,4-5,8,11H2,(H,22,29)(H,24,27)(H2,23,26,28)/t13?,16-/m1/s1. The molecule has 9 heteroatoms. The fraction of sp³-hybridized carbons (Fsp3) is 0.333. The highest BCUT2D eigenvalue weighted by atomic mass is 16.3. The van der Waals surface area contributed by atoms with Crippen molar-refractivity contribution in [3.05, 3.63) is 52.3 Å². The van der Waals surface area contributed by atoms with Gasteiger partial charge in [0, 0.05) is 36.5 Å². The summed E-state index contributed by atoms with van der Waals surface area (Å²) in [6.45, 7) is 0.731. The second-order valence-electron chi connectivity index (χ2n) is 7.54.